The molecule has 0 aliphatic carbocycles. The molecule has 0 saturated carbocycles. The van der Waals surface area contributed by atoms with E-state index in [-0.39, 0.29) is 5.57 Å². The van der Waals surface area contributed by atoms with E-state index in [9.17, 15) is 9.90 Å². The van der Waals surface area contributed by atoms with Gasteiger partial charge in [-0.05, 0) is 48.4 Å². The van der Waals surface area contributed by atoms with Crippen molar-refractivity contribution in [1.29, 1.82) is 0 Å². The lowest BCUT2D eigenvalue weighted by atomic mass is 10.0. The van der Waals surface area contributed by atoms with Crippen molar-refractivity contribution in [2.45, 2.75) is 6.92 Å². The van der Waals surface area contributed by atoms with Crippen LogP contribution in [0.5, 0.6) is 5.75 Å². The Morgan fingerprint density at radius 3 is 2.43 bits per heavy atom. The molecule has 0 spiro atoms. The van der Waals surface area contributed by atoms with E-state index < -0.39 is 5.97 Å². The van der Waals surface area contributed by atoms with Gasteiger partial charge in [-0.3, -0.25) is 0 Å². The topological polar surface area (TPSA) is 49.8 Å². The first kappa shape index (κ1) is 16.6. The Hall–Kier alpha value is -2.75. The first-order valence-electron chi connectivity index (χ1n) is 7.47. The third kappa shape index (κ3) is 4.36. The highest BCUT2D eigenvalue weighted by molar-refractivity contribution is 6.20. The highest BCUT2D eigenvalue weighted by Crippen LogP contribution is 2.24. The summed E-state index contributed by atoms with van der Waals surface area (Å²) in [6.07, 6.45) is 1.67. The molecule has 0 saturated heterocycles. The van der Waals surface area contributed by atoms with Crippen LogP contribution < -0.4 is 9.64 Å². The zero-order valence-electron chi connectivity index (χ0n) is 13.6. The minimum Gasteiger partial charge on any atom is -0.494 e. The maximum Gasteiger partial charge on any atom is 0.336 e. The SMILES string of the molecule is CCOc1cccc(/C(=C/c2ccc(N(C)C)cc2)C(=O)O)c1. The Morgan fingerprint density at radius 2 is 1.87 bits per heavy atom. The first-order chi connectivity index (χ1) is 11.0. The lowest BCUT2D eigenvalue weighted by Gasteiger charge is -2.12. The second kappa shape index (κ2) is 7.49. The minimum atomic E-state index is -0.963. The molecular formula is C19H21NO3. The molecule has 0 amide bonds. The number of hydrogen-bond donors (Lipinski definition) is 1. The maximum absolute atomic E-state index is 11.6. The molecule has 2 rings (SSSR count). The van der Waals surface area contributed by atoms with Gasteiger partial charge in [0, 0.05) is 19.8 Å². The summed E-state index contributed by atoms with van der Waals surface area (Å²) in [6, 6.07) is 14.9. The van der Waals surface area contributed by atoms with Crippen LogP contribution in [0.25, 0.3) is 11.6 Å². The summed E-state index contributed by atoms with van der Waals surface area (Å²) < 4.78 is 5.44. The smallest absolute Gasteiger partial charge is 0.336 e. The Kier molecular flexibility index (Phi) is 5.41. The maximum atomic E-state index is 11.6. The van der Waals surface area contributed by atoms with Crippen molar-refractivity contribution in [2.75, 3.05) is 25.6 Å². The van der Waals surface area contributed by atoms with E-state index in [1.54, 1.807) is 24.3 Å². The lowest BCUT2D eigenvalue weighted by Crippen LogP contribution is -2.08. The van der Waals surface area contributed by atoms with Crippen LogP contribution in [0.4, 0.5) is 5.69 Å². The predicted molar refractivity (Wildman–Crippen MR) is 93.9 cm³/mol. The summed E-state index contributed by atoms with van der Waals surface area (Å²) in [4.78, 5) is 13.6. The number of rotatable bonds is 6. The Bertz CT molecular complexity index is 703. The van der Waals surface area contributed by atoms with Crippen molar-refractivity contribution < 1.29 is 14.6 Å². The summed E-state index contributed by atoms with van der Waals surface area (Å²) in [5.74, 6) is -0.296. The van der Waals surface area contributed by atoms with Gasteiger partial charge in [-0.25, -0.2) is 4.79 Å². The Labute approximate surface area is 136 Å². The second-order valence-corrected chi connectivity index (χ2v) is 5.31. The fourth-order valence-corrected chi connectivity index (χ4v) is 2.22. The number of carboxylic acid groups (broad SMARTS) is 1. The van der Waals surface area contributed by atoms with Crippen LogP contribution in [0, 0.1) is 0 Å². The second-order valence-electron chi connectivity index (χ2n) is 5.31. The number of benzene rings is 2. The van der Waals surface area contributed by atoms with Gasteiger partial charge in [-0.1, -0.05) is 24.3 Å². The number of hydrogen-bond acceptors (Lipinski definition) is 3. The van der Waals surface area contributed by atoms with Crippen LogP contribution in [0.2, 0.25) is 0 Å². The van der Waals surface area contributed by atoms with Crippen LogP contribution in [0.1, 0.15) is 18.1 Å². The van der Waals surface area contributed by atoms with E-state index >= 15 is 0 Å². The quantitative estimate of drug-likeness (QED) is 0.651. The van der Waals surface area contributed by atoms with Crippen molar-refractivity contribution in [3.8, 4) is 5.75 Å². The van der Waals surface area contributed by atoms with E-state index in [4.69, 9.17) is 4.74 Å². The van der Waals surface area contributed by atoms with Gasteiger partial charge >= 0.3 is 5.97 Å². The largest absolute Gasteiger partial charge is 0.494 e. The summed E-state index contributed by atoms with van der Waals surface area (Å²) in [7, 11) is 3.93. The molecule has 0 bridgehead atoms. The molecule has 0 atom stereocenters. The zero-order valence-corrected chi connectivity index (χ0v) is 13.6. The van der Waals surface area contributed by atoms with Crippen LogP contribution in [-0.2, 0) is 4.79 Å². The Morgan fingerprint density at radius 1 is 1.17 bits per heavy atom. The van der Waals surface area contributed by atoms with E-state index in [2.05, 4.69) is 0 Å². The Balaban J connectivity index is 2.37. The monoisotopic (exact) mass is 311 g/mol. The van der Waals surface area contributed by atoms with Crippen molar-refractivity contribution in [2.24, 2.45) is 0 Å². The molecule has 0 fully saturated rings. The van der Waals surface area contributed by atoms with Gasteiger partial charge in [0.05, 0.1) is 12.2 Å². The number of aliphatic carboxylic acids is 1. The summed E-state index contributed by atoms with van der Waals surface area (Å²) in [6.45, 7) is 2.44. The summed E-state index contributed by atoms with van der Waals surface area (Å²) in [5.41, 5.74) is 2.77. The van der Waals surface area contributed by atoms with Gasteiger partial charge in [-0.2, -0.15) is 0 Å². The molecule has 120 valence electrons. The summed E-state index contributed by atoms with van der Waals surface area (Å²) >= 11 is 0. The van der Waals surface area contributed by atoms with Gasteiger partial charge in [0.2, 0.25) is 0 Å². The zero-order chi connectivity index (χ0) is 16.8. The molecule has 2 aromatic rings. The molecule has 4 heteroatoms. The standard InChI is InChI=1S/C19H21NO3/c1-4-23-17-7-5-6-15(13-17)18(19(21)22)12-14-8-10-16(11-9-14)20(2)3/h5-13H,4H2,1-3H3,(H,21,22)/b18-12-. The van der Waals surface area contributed by atoms with Crippen LogP contribution in [-0.4, -0.2) is 31.8 Å². The van der Waals surface area contributed by atoms with Crippen molar-refractivity contribution in [1.82, 2.24) is 0 Å². The molecular weight excluding hydrogens is 290 g/mol. The normalized spacial score (nSPS) is 11.2. The molecule has 23 heavy (non-hydrogen) atoms. The number of carboxylic acids is 1. The molecule has 1 N–H and O–H groups in total. The van der Waals surface area contributed by atoms with Gasteiger partial charge in [0.25, 0.3) is 0 Å². The number of nitrogens with zero attached hydrogens (tertiary/aromatic N) is 1. The van der Waals surface area contributed by atoms with Crippen molar-refractivity contribution >= 4 is 23.3 Å². The van der Waals surface area contributed by atoms with E-state index in [0.29, 0.717) is 17.9 Å². The highest BCUT2D eigenvalue weighted by Gasteiger charge is 2.11. The minimum absolute atomic E-state index is 0.240. The lowest BCUT2D eigenvalue weighted by molar-refractivity contribution is -0.130. The van der Waals surface area contributed by atoms with Gasteiger partial charge < -0.3 is 14.7 Å². The van der Waals surface area contributed by atoms with E-state index in [0.717, 1.165) is 11.3 Å². The van der Waals surface area contributed by atoms with Crippen LogP contribution in [0.15, 0.2) is 48.5 Å². The molecule has 2 aromatic carbocycles. The van der Waals surface area contributed by atoms with Crippen LogP contribution >= 0.6 is 0 Å². The van der Waals surface area contributed by atoms with Crippen molar-refractivity contribution in [3.63, 3.8) is 0 Å². The van der Waals surface area contributed by atoms with Gasteiger partial charge in [0.15, 0.2) is 0 Å². The van der Waals surface area contributed by atoms with Gasteiger partial charge in [-0.15, -0.1) is 0 Å². The third-order valence-electron chi connectivity index (χ3n) is 3.41. The third-order valence-corrected chi connectivity index (χ3v) is 3.41. The average Bonchev–Trinajstić information content (AvgIpc) is 2.53. The molecule has 0 aliphatic heterocycles. The highest BCUT2D eigenvalue weighted by atomic mass is 16.5. The molecule has 0 aliphatic rings. The number of ether oxygens (including phenoxy) is 1. The number of anilines is 1. The van der Waals surface area contributed by atoms with Gasteiger partial charge in [0.1, 0.15) is 5.75 Å². The fourth-order valence-electron chi connectivity index (χ4n) is 2.22. The molecule has 0 aromatic heterocycles. The van der Waals surface area contributed by atoms with E-state index in [1.807, 2.05) is 56.3 Å². The predicted octanol–water partition coefficient (Wildman–Crippen LogP) is 3.78. The molecule has 4 nitrogen and oxygen atoms in total. The van der Waals surface area contributed by atoms with Crippen molar-refractivity contribution in [3.05, 3.63) is 59.7 Å². The first-order valence-corrected chi connectivity index (χ1v) is 7.47. The fraction of sp³-hybridized carbons (Fsp3) is 0.211. The molecule has 0 unspecified atom stereocenters. The van der Waals surface area contributed by atoms with Crippen LogP contribution in [0.3, 0.4) is 0 Å². The number of carbonyl (C=O) groups is 1. The average molecular weight is 311 g/mol. The molecule has 0 radical (unpaired) electrons. The van der Waals surface area contributed by atoms with E-state index in [1.165, 1.54) is 0 Å². The molecule has 0 heterocycles. The summed E-state index contributed by atoms with van der Waals surface area (Å²) in [5, 5.41) is 9.53.